The van der Waals surface area contributed by atoms with Gasteiger partial charge in [-0.25, -0.2) is 0 Å². The van der Waals surface area contributed by atoms with Crippen molar-refractivity contribution in [3.05, 3.63) is 0 Å². The van der Waals surface area contributed by atoms with Gasteiger partial charge in [0.2, 0.25) is 5.91 Å². The quantitative estimate of drug-likeness (QED) is 0.731. The molecule has 0 bridgehead atoms. The Labute approximate surface area is 121 Å². The third-order valence-electron chi connectivity index (χ3n) is 3.36. The number of carbonyl (C=O) groups is 2. The Morgan fingerprint density at radius 2 is 2.00 bits per heavy atom. The second kappa shape index (κ2) is 8.21. The maximum absolute atomic E-state index is 11.9. The van der Waals surface area contributed by atoms with Gasteiger partial charge in [-0.15, -0.1) is 0 Å². The monoisotopic (exact) mass is 311 g/mol. The van der Waals surface area contributed by atoms with Crippen LogP contribution in [0.3, 0.4) is 0 Å². The number of alkyl halides is 3. The molecule has 122 valence electrons. The van der Waals surface area contributed by atoms with Gasteiger partial charge in [0.15, 0.2) is 0 Å². The van der Waals surface area contributed by atoms with E-state index < -0.39 is 18.8 Å². The van der Waals surface area contributed by atoms with Gasteiger partial charge in [-0.2, -0.15) is 13.2 Å². The summed E-state index contributed by atoms with van der Waals surface area (Å²) in [5, 5.41) is 8.64. The van der Waals surface area contributed by atoms with Gasteiger partial charge in [0.05, 0.1) is 13.0 Å². The molecule has 1 aliphatic rings. The number of ether oxygens (including phenoxy) is 1. The first kappa shape index (κ1) is 17.7. The molecule has 0 aliphatic carbocycles. The van der Waals surface area contributed by atoms with Crippen molar-refractivity contribution < 1.29 is 32.6 Å². The zero-order valence-corrected chi connectivity index (χ0v) is 11.7. The molecule has 21 heavy (non-hydrogen) atoms. The number of carbonyl (C=O) groups excluding carboxylic acids is 1. The number of carboxylic acid groups (broad SMARTS) is 1. The second-order valence-corrected chi connectivity index (χ2v) is 5.20. The SMILES string of the molecule is O=C(O)CCC1CCCN(C(=O)CCOCC(F)(F)F)C1. The molecule has 0 radical (unpaired) electrons. The van der Waals surface area contributed by atoms with Crippen LogP contribution in [-0.2, 0) is 14.3 Å². The molecule has 1 N–H and O–H groups in total. The summed E-state index contributed by atoms with van der Waals surface area (Å²) >= 11 is 0. The third-order valence-corrected chi connectivity index (χ3v) is 3.36. The number of halogens is 3. The van der Waals surface area contributed by atoms with Crippen molar-refractivity contribution in [1.82, 2.24) is 4.90 Å². The van der Waals surface area contributed by atoms with Crippen LogP contribution in [0.5, 0.6) is 0 Å². The number of rotatable bonds is 7. The fourth-order valence-corrected chi connectivity index (χ4v) is 2.36. The topological polar surface area (TPSA) is 66.8 Å². The highest BCUT2D eigenvalue weighted by Gasteiger charge is 2.28. The molecule has 1 aliphatic heterocycles. The molecule has 1 unspecified atom stereocenters. The molecule has 1 saturated heterocycles. The zero-order chi connectivity index (χ0) is 15.9. The molecule has 0 saturated carbocycles. The van der Waals surface area contributed by atoms with Crippen molar-refractivity contribution >= 4 is 11.9 Å². The smallest absolute Gasteiger partial charge is 0.411 e. The van der Waals surface area contributed by atoms with Gasteiger partial charge < -0.3 is 14.7 Å². The second-order valence-electron chi connectivity index (χ2n) is 5.20. The van der Waals surface area contributed by atoms with E-state index in [1.54, 1.807) is 4.90 Å². The molecule has 0 spiro atoms. The van der Waals surface area contributed by atoms with Crippen molar-refractivity contribution in [2.24, 2.45) is 5.92 Å². The molecule has 5 nitrogen and oxygen atoms in total. The van der Waals surface area contributed by atoms with Crippen molar-refractivity contribution in [2.45, 2.75) is 38.3 Å². The lowest BCUT2D eigenvalue weighted by atomic mass is 9.93. The largest absolute Gasteiger partial charge is 0.481 e. The van der Waals surface area contributed by atoms with Gasteiger partial charge in [0.25, 0.3) is 0 Å². The first-order valence-corrected chi connectivity index (χ1v) is 6.92. The molecule has 1 heterocycles. The lowest BCUT2D eigenvalue weighted by Gasteiger charge is -2.32. The molecule has 1 amide bonds. The number of hydrogen-bond acceptors (Lipinski definition) is 3. The fourth-order valence-electron chi connectivity index (χ4n) is 2.36. The Kier molecular flexibility index (Phi) is 6.94. The van der Waals surface area contributed by atoms with Crippen LogP contribution in [0, 0.1) is 5.92 Å². The van der Waals surface area contributed by atoms with Crippen LogP contribution in [0.25, 0.3) is 0 Å². The normalized spacial score (nSPS) is 19.6. The fraction of sp³-hybridized carbons (Fsp3) is 0.846. The third kappa shape index (κ3) is 7.89. The Morgan fingerprint density at radius 3 is 2.62 bits per heavy atom. The molecular weight excluding hydrogens is 291 g/mol. The van der Waals surface area contributed by atoms with Crippen LogP contribution in [-0.4, -0.2) is 54.4 Å². The average molecular weight is 311 g/mol. The number of nitrogens with zero attached hydrogens (tertiary/aromatic N) is 1. The molecule has 0 aromatic rings. The Morgan fingerprint density at radius 1 is 1.29 bits per heavy atom. The van der Waals surface area contributed by atoms with Gasteiger partial charge in [0, 0.05) is 19.5 Å². The Bertz CT molecular complexity index is 360. The number of amides is 1. The number of likely N-dealkylation sites (tertiary alicyclic amines) is 1. The molecule has 8 heteroatoms. The van der Waals surface area contributed by atoms with Crippen LogP contribution >= 0.6 is 0 Å². The van der Waals surface area contributed by atoms with Gasteiger partial charge >= 0.3 is 12.1 Å². The van der Waals surface area contributed by atoms with Gasteiger partial charge in [-0.1, -0.05) is 0 Å². The molecule has 1 fully saturated rings. The summed E-state index contributed by atoms with van der Waals surface area (Å²) in [5.74, 6) is -0.953. The van der Waals surface area contributed by atoms with Gasteiger partial charge in [-0.05, 0) is 25.2 Å². The summed E-state index contributed by atoms with van der Waals surface area (Å²) in [5.41, 5.74) is 0. The number of aliphatic carboxylic acids is 1. The highest BCUT2D eigenvalue weighted by Crippen LogP contribution is 2.21. The average Bonchev–Trinajstić information content (AvgIpc) is 2.40. The summed E-state index contributed by atoms with van der Waals surface area (Å²) in [6, 6.07) is 0. The highest BCUT2D eigenvalue weighted by molar-refractivity contribution is 5.76. The van der Waals surface area contributed by atoms with E-state index in [1.807, 2.05) is 0 Å². The van der Waals surface area contributed by atoms with E-state index in [2.05, 4.69) is 4.74 Å². The van der Waals surface area contributed by atoms with Crippen LogP contribution in [0.2, 0.25) is 0 Å². The maximum Gasteiger partial charge on any atom is 0.411 e. The number of piperidine rings is 1. The van der Waals surface area contributed by atoms with Crippen LogP contribution in [0.15, 0.2) is 0 Å². The first-order chi connectivity index (χ1) is 9.78. The van der Waals surface area contributed by atoms with E-state index >= 15 is 0 Å². The maximum atomic E-state index is 11.9. The van der Waals surface area contributed by atoms with Crippen molar-refractivity contribution in [2.75, 3.05) is 26.3 Å². The Balaban J connectivity index is 2.25. The lowest BCUT2D eigenvalue weighted by Crippen LogP contribution is -2.40. The predicted octanol–water partition coefficient (Wildman–Crippen LogP) is 2.06. The summed E-state index contributed by atoms with van der Waals surface area (Å²) in [6.45, 7) is -0.552. The number of hydrogen-bond donors (Lipinski definition) is 1. The highest BCUT2D eigenvalue weighted by atomic mass is 19.4. The standard InChI is InChI=1S/C13H20F3NO4/c14-13(15,16)9-21-7-5-11(18)17-6-1-2-10(8-17)3-4-12(19)20/h10H,1-9H2,(H,19,20). The minimum atomic E-state index is -4.38. The van der Waals surface area contributed by atoms with E-state index in [-0.39, 0.29) is 31.3 Å². The zero-order valence-electron chi connectivity index (χ0n) is 11.7. The van der Waals surface area contributed by atoms with Crippen LogP contribution in [0.4, 0.5) is 13.2 Å². The van der Waals surface area contributed by atoms with E-state index in [1.165, 1.54) is 0 Å². The van der Waals surface area contributed by atoms with E-state index in [9.17, 15) is 22.8 Å². The minimum Gasteiger partial charge on any atom is -0.481 e. The first-order valence-electron chi connectivity index (χ1n) is 6.92. The number of carboxylic acids is 1. The summed E-state index contributed by atoms with van der Waals surface area (Å²) in [4.78, 5) is 24.0. The molecule has 1 rings (SSSR count). The van der Waals surface area contributed by atoms with Gasteiger partial charge in [-0.3, -0.25) is 9.59 Å². The van der Waals surface area contributed by atoms with Crippen LogP contribution < -0.4 is 0 Å². The summed E-state index contributed by atoms with van der Waals surface area (Å²) < 4.78 is 40.0. The van der Waals surface area contributed by atoms with Gasteiger partial charge in [0.1, 0.15) is 6.61 Å². The molecule has 0 aromatic heterocycles. The lowest BCUT2D eigenvalue weighted by molar-refractivity contribution is -0.175. The summed E-state index contributed by atoms with van der Waals surface area (Å²) in [7, 11) is 0. The van der Waals surface area contributed by atoms with Crippen molar-refractivity contribution in [3.8, 4) is 0 Å². The van der Waals surface area contributed by atoms with E-state index in [0.717, 1.165) is 12.8 Å². The van der Waals surface area contributed by atoms with Crippen LogP contribution in [0.1, 0.15) is 32.1 Å². The summed E-state index contributed by atoms with van der Waals surface area (Å²) in [6.07, 6.45) is -2.20. The molecular formula is C13H20F3NO4. The molecule has 0 aromatic carbocycles. The predicted molar refractivity (Wildman–Crippen MR) is 67.7 cm³/mol. The molecule has 1 atom stereocenters. The van der Waals surface area contributed by atoms with Crippen molar-refractivity contribution in [1.29, 1.82) is 0 Å². The van der Waals surface area contributed by atoms with E-state index in [4.69, 9.17) is 5.11 Å². The Hall–Kier alpha value is -1.31. The minimum absolute atomic E-state index is 0.0708. The van der Waals surface area contributed by atoms with Crippen molar-refractivity contribution in [3.63, 3.8) is 0 Å². The van der Waals surface area contributed by atoms with E-state index in [0.29, 0.717) is 19.5 Å².